The second kappa shape index (κ2) is 13.7. The van der Waals surface area contributed by atoms with E-state index in [1.165, 1.54) is 16.0 Å². The van der Waals surface area contributed by atoms with Crippen LogP contribution >= 0.6 is 34.3 Å². The van der Waals surface area contributed by atoms with Crippen molar-refractivity contribution in [2.45, 2.75) is 32.7 Å². The van der Waals surface area contributed by atoms with Crippen molar-refractivity contribution in [3.8, 4) is 16.9 Å². The van der Waals surface area contributed by atoms with Crippen LogP contribution in [0.2, 0.25) is 5.02 Å². The molecule has 0 spiro atoms. The Labute approximate surface area is 286 Å². The molecule has 3 heterocycles. The van der Waals surface area contributed by atoms with Crippen molar-refractivity contribution in [3.63, 3.8) is 0 Å². The fourth-order valence-corrected chi connectivity index (χ4v) is 8.85. The summed E-state index contributed by atoms with van der Waals surface area (Å²) >= 11 is 9.52. The molecule has 0 unspecified atom stereocenters. The van der Waals surface area contributed by atoms with E-state index in [1.54, 1.807) is 17.4 Å². The van der Waals surface area contributed by atoms with Crippen LogP contribution in [0.4, 0.5) is 5.69 Å². The van der Waals surface area contributed by atoms with Crippen LogP contribution in [0.15, 0.2) is 83.6 Å². The highest BCUT2D eigenvalue weighted by molar-refractivity contribution is 7.86. The van der Waals surface area contributed by atoms with Crippen LogP contribution < -0.4 is 14.2 Å². The van der Waals surface area contributed by atoms with Crippen molar-refractivity contribution in [1.82, 2.24) is 0 Å². The van der Waals surface area contributed by atoms with Crippen molar-refractivity contribution >= 4 is 86.6 Å². The first-order valence-electron chi connectivity index (χ1n) is 14.9. The van der Waals surface area contributed by atoms with Crippen molar-refractivity contribution < 1.29 is 35.2 Å². The van der Waals surface area contributed by atoms with E-state index in [4.69, 9.17) is 16.3 Å². The third-order valence-corrected chi connectivity index (χ3v) is 11.7. The molecule has 2 aromatic heterocycles. The number of hydrogen-bond acceptors (Lipinski definition) is 8. The topological polar surface area (TPSA) is 125 Å². The van der Waals surface area contributed by atoms with E-state index < -0.39 is 20.2 Å². The van der Waals surface area contributed by atoms with Gasteiger partial charge in [-0.25, -0.2) is 0 Å². The van der Waals surface area contributed by atoms with E-state index in [2.05, 4.69) is 23.6 Å². The van der Waals surface area contributed by atoms with Gasteiger partial charge in [0.15, 0.2) is 12.3 Å². The van der Waals surface area contributed by atoms with Crippen molar-refractivity contribution in [2.75, 3.05) is 23.0 Å². The Kier molecular flexibility index (Phi) is 9.77. The van der Waals surface area contributed by atoms with Gasteiger partial charge >= 0.3 is 0 Å². The summed E-state index contributed by atoms with van der Waals surface area (Å²) in [6.07, 6.45) is 4.97. The molecule has 14 heteroatoms. The van der Waals surface area contributed by atoms with Crippen molar-refractivity contribution in [3.05, 3.63) is 93.6 Å². The molecule has 0 radical (unpaired) electrons. The third-order valence-electron chi connectivity index (χ3n) is 7.81. The minimum Gasteiger partial charge on any atom is -0.439 e. The molecule has 5 aromatic rings. The van der Waals surface area contributed by atoms with Gasteiger partial charge in [0.25, 0.3) is 25.2 Å². The minimum absolute atomic E-state index is 0.180. The first kappa shape index (κ1) is 33.6. The molecule has 0 aliphatic carbocycles. The van der Waals surface area contributed by atoms with Gasteiger partial charge in [-0.2, -0.15) is 21.4 Å². The number of hydrogen-bond donors (Lipinski definition) is 2. The zero-order valence-corrected chi connectivity index (χ0v) is 29.3. The predicted molar refractivity (Wildman–Crippen MR) is 191 cm³/mol. The molecule has 6 rings (SSSR count). The molecule has 0 amide bonds. The molecule has 1 aliphatic heterocycles. The highest BCUT2D eigenvalue weighted by Crippen LogP contribution is 2.44. The van der Waals surface area contributed by atoms with E-state index in [1.807, 2.05) is 64.9 Å². The zero-order chi connectivity index (χ0) is 33.3. The molecule has 3 aromatic carbocycles. The molecular weight excluding hydrogens is 700 g/mol. The average molecular weight is 732 g/mol. The Balaban J connectivity index is 1.38. The van der Waals surface area contributed by atoms with Crippen molar-refractivity contribution in [2.24, 2.45) is 0 Å². The van der Waals surface area contributed by atoms with Crippen LogP contribution in [-0.4, -0.2) is 44.0 Å². The summed E-state index contributed by atoms with van der Waals surface area (Å²) in [6.45, 7) is 2.66. The Morgan fingerprint density at radius 3 is 2.55 bits per heavy atom. The standard InChI is InChI=1S/C33H31ClN2O7S4/c1-2-22(19-32-36(14-5-17-47(40,41)42)28-21-25(34)9-11-30(28)45-32)18-31-35(13-4-16-46(37,38)39)27-20-24(8-10-29(27)43-31)26-7-3-6-23-12-15-44-33(23)26/h3,6-12,15,18-21H,2,4-5,13-14,16-17H2,1H3,(H-,37,38,39,40,41,42)/p+1. The maximum Gasteiger partial charge on any atom is 0.265 e. The summed E-state index contributed by atoms with van der Waals surface area (Å²) < 4.78 is 75.2. The quantitative estimate of drug-likeness (QED) is 0.0984. The number of ether oxygens (including phenoxy) is 1. The highest BCUT2D eigenvalue weighted by Gasteiger charge is 2.28. The second-order valence-corrected chi connectivity index (χ2v) is 16.7. The normalized spacial score (nSPS) is 14.8. The molecule has 2 N–H and O–H groups in total. The fraction of sp³-hybridized carbons (Fsp3) is 0.242. The molecule has 1 aliphatic rings. The van der Waals surface area contributed by atoms with Crippen LogP contribution in [-0.2, 0) is 26.8 Å². The van der Waals surface area contributed by atoms with E-state index >= 15 is 0 Å². The highest BCUT2D eigenvalue weighted by atomic mass is 35.5. The van der Waals surface area contributed by atoms with Gasteiger partial charge in [-0.3, -0.25) is 9.11 Å². The number of allylic oxidation sites excluding steroid dienone is 2. The second-order valence-electron chi connectivity index (χ2n) is 11.1. The number of benzene rings is 3. The average Bonchev–Trinajstić information content (AvgIpc) is 3.71. The van der Waals surface area contributed by atoms with Gasteiger partial charge < -0.3 is 9.64 Å². The summed E-state index contributed by atoms with van der Waals surface area (Å²) in [4.78, 5) is 1.94. The number of aryl methyl sites for hydroxylation is 1. The zero-order valence-electron chi connectivity index (χ0n) is 25.3. The van der Waals surface area contributed by atoms with Gasteiger partial charge in [-0.05, 0) is 70.6 Å². The van der Waals surface area contributed by atoms with Gasteiger partial charge in [0, 0.05) is 40.9 Å². The third kappa shape index (κ3) is 7.89. The fourth-order valence-electron chi connectivity index (χ4n) is 5.61. The molecule has 0 saturated heterocycles. The van der Waals surface area contributed by atoms with Gasteiger partial charge in [-0.1, -0.05) is 54.1 Å². The van der Waals surface area contributed by atoms with Gasteiger partial charge in [0.1, 0.15) is 4.70 Å². The largest absolute Gasteiger partial charge is 0.439 e. The van der Waals surface area contributed by atoms with E-state index in [9.17, 15) is 25.9 Å². The maximum absolute atomic E-state index is 11.6. The number of thiophene rings is 1. The Bertz CT molecular complexity index is 2260. The van der Waals surface area contributed by atoms with E-state index in [0.29, 0.717) is 36.2 Å². The summed E-state index contributed by atoms with van der Waals surface area (Å²) in [5.74, 6) is 0.416. The number of anilines is 1. The molecule has 9 nitrogen and oxygen atoms in total. The van der Waals surface area contributed by atoms with Crippen LogP contribution in [0.5, 0.6) is 5.75 Å². The summed E-state index contributed by atoms with van der Waals surface area (Å²) in [6, 6.07) is 19.8. The summed E-state index contributed by atoms with van der Waals surface area (Å²) in [5, 5.41) is 4.65. The molecule has 47 heavy (non-hydrogen) atoms. The first-order chi connectivity index (χ1) is 22.4. The van der Waals surface area contributed by atoms with E-state index in [-0.39, 0.29) is 24.3 Å². The lowest BCUT2D eigenvalue weighted by Crippen LogP contribution is -2.36. The first-order valence-corrected chi connectivity index (χ1v) is 20.2. The number of aromatic nitrogens is 1. The molecule has 0 fully saturated rings. The van der Waals surface area contributed by atoms with Gasteiger partial charge in [0.2, 0.25) is 11.4 Å². The Morgan fingerprint density at radius 2 is 1.79 bits per heavy atom. The predicted octanol–water partition coefficient (Wildman–Crippen LogP) is 7.81. The maximum atomic E-state index is 11.6. The Morgan fingerprint density at radius 1 is 1.00 bits per heavy atom. The van der Waals surface area contributed by atoms with Crippen molar-refractivity contribution in [1.29, 1.82) is 0 Å². The lowest BCUT2D eigenvalue weighted by atomic mass is 10.0. The number of fused-ring (bicyclic) bond motifs is 3. The molecule has 0 atom stereocenters. The minimum atomic E-state index is -4.15. The molecule has 0 saturated carbocycles. The van der Waals surface area contributed by atoms with E-state index in [0.717, 1.165) is 43.0 Å². The number of thiazole rings is 1. The number of halogens is 1. The number of nitrogens with zero attached hydrogens (tertiary/aromatic N) is 2. The summed E-state index contributed by atoms with van der Waals surface area (Å²) in [5.41, 5.74) is 4.66. The van der Waals surface area contributed by atoms with Gasteiger partial charge in [0.05, 0.1) is 17.2 Å². The van der Waals surface area contributed by atoms with Gasteiger partial charge in [-0.15, -0.1) is 11.3 Å². The Hall–Kier alpha value is -3.30. The smallest absolute Gasteiger partial charge is 0.265 e. The molecular formula is C33H32ClN2O7S4+. The van der Waals surface area contributed by atoms with Crippen LogP contribution in [0.25, 0.3) is 37.5 Å². The summed E-state index contributed by atoms with van der Waals surface area (Å²) in [7, 11) is -8.26. The molecule has 0 bridgehead atoms. The lowest BCUT2D eigenvalue weighted by molar-refractivity contribution is -0.668. The van der Waals surface area contributed by atoms with Crippen LogP contribution in [0, 0.1) is 0 Å². The number of rotatable bonds is 12. The van der Waals surface area contributed by atoms with Crippen LogP contribution in [0.3, 0.4) is 0 Å². The SMILES string of the molecule is CCC(/C=C1\Oc2ccc(-c3cccc4ccsc34)cc2N1CCCS(=O)(=O)O)=C\c1sc2ccc(Cl)cc2[n+]1CCCS(=O)(=O)O. The lowest BCUT2D eigenvalue weighted by Gasteiger charge is -2.19. The monoisotopic (exact) mass is 731 g/mol. The molecule has 246 valence electrons. The van der Waals surface area contributed by atoms with Crippen LogP contribution in [0.1, 0.15) is 31.2 Å².